The summed E-state index contributed by atoms with van der Waals surface area (Å²) in [5.41, 5.74) is -0.857. The Hall–Kier alpha value is -1.14. The van der Waals surface area contributed by atoms with Gasteiger partial charge in [0.1, 0.15) is 5.82 Å². The highest BCUT2D eigenvalue weighted by molar-refractivity contribution is 7.86. The lowest BCUT2D eigenvalue weighted by molar-refractivity contribution is -0.137. The molecule has 164 valence electrons. The van der Waals surface area contributed by atoms with Gasteiger partial charge in [-0.2, -0.15) is 30.2 Å². The summed E-state index contributed by atoms with van der Waals surface area (Å²) in [6.07, 6.45) is -2.14. The van der Waals surface area contributed by atoms with Gasteiger partial charge in [-0.3, -0.25) is 4.90 Å². The Kier molecular flexibility index (Phi) is 6.64. The third-order valence-electron chi connectivity index (χ3n) is 5.49. The Labute approximate surface area is 174 Å². The molecule has 0 aliphatic carbocycles. The SMILES string of the molecule is CN(C)S(=O)(=O)N1CCC(N2CCN(c3ncc(C(F)(F)F)cc3Cl)CC2)CC1. The molecule has 12 heteroatoms. The molecule has 0 N–H and O–H groups in total. The summed E-state index contributed by atoms with van der Waals surface area (Å²) in [5, 5.41) is -0.00419. The summed E-state index contributed by atoms with van der Waals surface area (Å²) in [6, 6.07) is 1.21. The minimum atomic E-state index is -4.47. The van der Waals surface area contributed by atoms with Gasteiger partial charge in [0.25, 0.3) is 10.2 Å². The third-order valence-corrected chi connectivity index (χ3v) is 7.71. The molecule has 1 aromatic heterocycles. The average Bonchev–Trinajstić information content (AvgIpc) is 2.67. The van der Waals surface area contributed by atoms with Gasteiger partial charge < -0.3 is 4.90 Å². The fourth-order valence-corrected chi connectivity index (χ4v) is 5.21. The Bertz CT molecular complexity index is 821. The number of halogens is 4. The van der Waals surface area contributed by atoms with Crippen LogP contribution in [0.1, 0.15) is 18.4 Å². The van der Waals surface area contributed by atoms with Gasteiger partial charge in [-0.15, -0.1) is 0 Å². The van der Waals surface area contributed by atoms with E-state index in [1.807, 2.05) is 4.90 Å². The summed E-state index contributed by atoms with van der Waals surface area (Å²) >= 11 is 6.05. The van der Waals surface area contributed by atoms with Crippen LogP contribution >= 0.6 is 11.6 Å². The highest BCUT2D eigenvalue weighted by atomic mass is 35.5. The molecule has 29 heavy (non-hydrogen) atoms. The van der Waals surface area contributed by atoms with E-state index in [0.29, 0.717) is 38.0 Å². The van der Waals surface area contributed by atoms with E-state index in [2.05, 4.69) is 9.88 Å². The fraction of sp³-hybridized carbons (Fsp3) is 0.706. The van der Waals surface area contributed by atoms with Crippen molar-refractivity contribution >= 4 is 27.6 Å². The molecule has 2 saturated heterocycles. The molecular weight excluding hydrogens is 431 g/mol. The zero-order valence-corrected chi connectivity index (χ0v) is 17.9. The van der Waals surface area contributed by atoms with E-state index in [1.165, 1.54) is 22.7 Å². The van der Waals surface area contributed by atoms with Crippen LogP contribution in [0.25, 0.3) is 0 Å². The highest BCUT2D eigenvalue weighted by Gasteiger charge is 2.34. The number of anilines is 1. The standard InChI is InChI=1S/C17H25ClF3N5O2S/c1-23(2)29(27,28)26-5-3-14(4-6-26)24-7-9-25(10-8-24)16-15(18)11-13(12-22-16)17(19,20)21/h11-12,14H,3-10H2,1-2H3. The van der Waals surface area contributed by atoms with E-state index in [-0.39, 0.29) is 5.02 Å². The van der Waals surface area contributed by atoms with E-state index >= 15 is 0 Å². The number of hydrogen-bond acceptors (Lipinski definition) is 5. The molecule has 0 bridgehead atoms. The van der Waals surface area contributed by atoms with Crippen molar-refractivity contribution in [1.29, 1.82) is 0 Å². The minimum Gasteiger partial charge on any atom is -0.353 e. The van der Waals surface area contributed by atoms with Crippen LogP contribution in [0.3, 0.4) is 0 Å². The highest BCUT2D eigenvalue weighted by Crippen LogP contribution is 2.34. The van der Waals surface area contributed by atoms with Crippen LogP contribution in [-0.4, -0.2) is 86.3 Å². The zero-order valence-electron chi connectivity index (χ0n) is 16.4. The van der Waals surface area contributed by atoms with Gasteiger partial charge in [-0.05, 0) is 18.9 Å². The second-order valence-electron chi connectivity index (χ2n) is 7.47. The summed E-state index contributed by atoms with van der Waals surface area (Å²) in [4.78, 5) is 8.14. The van der Waals surface area contributed by atoms with Gasteiger partial charge in [-0.25, -0.2) is 4.98 Å². The molecule has 2 fully saturated rings. The maximum absolute atomic E-state index is 12.8. The van der Waals surface area contributed by atoms with E-state index < -0.39 is 21.9 Å². The first-order valence-electron chi connectivity index (χ1n) is 9.39. The van der Waals surface area contributed by atoms with Crippen molar-refractivity contribution in [2.24, 2.45) is 0 Å². The normalized spacial score (nSPS) is 21.1. The molecule has 0 spiro atoms. The lowest BCUT2D eigenvalue weighted by Crippen LogP contribution is -2.54. The van der Waals surface area contributed by atoms with Crippen LogP contribution in [0.5, 0.6) is 0 Å². The Morgan fingerprint density at radius 1 is 1.10 bits per heavy atom. The number of aromatic nitrogens is 1. The topological polar surface area (TPSA) is 60.0 Å². The van der Waals surface area contributed by atoms with Crippen LogP contribution in [-0.2, 0) is 16.4 Å². The number of hydrogen-bond donors (Lipinski definition) is 0. The molecule has 7 nitrogen and oxygen atoms in total. The number of alkyl halides is 3. The predicted octanol–water partition coefficient (Wildman–Crippen LogP) is 2.15. The van der Waals surface area contributed by atoms with Crippen LogP contribution in [0.2, 0.25) is 5.02 Å². The molecule has 3 rings (SSSR count). The number of nitrogens with zero attached hydrogens (tertiary/aromatic N) is 5. The minimum absolute atomic E-state index is 0.00419. The molecule has 0 unspecified atom stereocenters. The van der Waals surface area contributed by atoms with Crippen LogP contribution in [0.15, 0.2) is 12.3 Å². The van der Waals surface area contributed by atoms with E-state index in [1.54, 1.807) is 0 Å². The first kappa shape index (κ1) is 22.5. The van der Waals surface area contributed by atoms with Gasteiger partial charge in [-0.1, -0.05) is 11.6 Å². The van der Waals surface area contributed by atoms with Crippen molar-refractivity contribution in [3.63, 3.8) is 0 Å². The van der Waals surface area contributed by atoms with Crippen LogP contribution in [0.4, 0.5) is 19.0 Å². The molecule has 0 radical (unpaired) electrons. The lowest BCUT2D eigenvalue weighted by Gasteiger charge is -2.43. The fourth-order valence-electron chi connectivity index (χ4n) is 3.79. The molecule has 2 aliphatic rings. The Balaban J connectivity index is 1.55. The molecule has 0 saturated carbocycles. The molecule has 3 heterocycles. The summed E-state index contributed by atoms with van der Waals surface area (Å²) in [5.74, 6) is 0.367. The van der Waals surface area contributed by atoms with Crippen molar-refractivity contribution in [2.45, 2.75) is 25.1 Å². The average molecular weight is 456 g/mol. The third kappa shape index (κ3) is 4.96. The summed E-state index contributed by atoms with van der Waals surface area (Å²) in [6.45, 7) is 3.63. The van der Waals surface area contributed by atoms with Gasteiger partial charge in [0, 0.05) is 65.6 Å². The Morgan fingerprint density at radius 3 is 2.17 bits per heavy atom. The Morgan fingerprint density at radius 2 is 1.69 bits per heavy atom. The quantitative estimate of drug-likeness (QED) is 0.696. The maximum atomic E-state index is 12.8. The van der Waals surface area contributed by atoms with E-state index in [0.717, 1.165) is 38.2 Å². The van der Waals surface area contributed by atoms with E-state index in [4.69, 9.17) is 11.6 Å². The van der Waals surface area contributed by atoms with Gasteiger partial charge in [0.05, 0.1) is 10.6 Å². The molecule has 0 aromatic carbocycles. The molecule has 2 aliphatic heterocycles. The summed E-state index contributed by atoms with van der Waals surface area (Å²) in [7, 11) is -0.323. The number of piperidine rings is 1. The second-order valence-corrected chi connectivity index (χ2v) is 10.0. The number of rotatable bonds is 4. The summed E-state index contributed by atoms with van der Waals surface area (Å²) < 4.78 is 65.5. The lowest BCUT2D eigenvalue weighted by atomic mass is 10.0. The van der Waals surface area contributed by atoms with Gasteiger partial charge in [0.2, 0.25) is 0 Å². The van der Waals surface area contributed by atoms with Gasteiger partial charge in [0.15, 0.2) is 0 Å². The van der Waals surface area contributed by atoms with Crippen molar-refractivity contribution in [3.05, 3.63) is 22.8 Å². The molecule has 0 amide bonds. The van der Waals surface area contributed by atoms with E-state index in [9.17, 15) is 21.6 Å². The zero-order chi connectivity index (χ0) is 21.4. The van der Waals surface area contributed by atoms with Crippen molar-refractivity contribution in [2.75, 3.05) is 58.3 Å². The molecule has 1 aromatic rings. The first-order valence-corrected chi connectivity index (χ1v) is 11.2. The monoisotopic (exact) mass is 455 g/mol. The van der Waals surface area contributed by atoms with Crippen molar-refractivity contribution in [3.8, 4) is 0 Å². The largest absolute Gasteiger partial charge is 0.417 e. The maximum Gasteiger partial charge on any atom is 0.417 e. The van der Waals surface area contributed by atoms with Crippen molar-refractivity contribution in [1.82, 2.24) is 18.5 Å². The van der Waals surface area contributed by atoms with Crippen LogP contribution in [0, 0.1) is 0 Å². The molecular formula is C17H25ClF3N5O2S. The van der Waals surface area contributed by atoms with Crippen LogP contribution < -0.4 is 4.90 Å². The smallest absolute Gasteiger partial charge is 0.353 e. The number of piperazine rings is 1. The first-order chi connectivity index (χ1) is 13.5. The predicted molar refractivity (Wildman–Crippen MR) is 105 cm³/mol. The second kappa shape index (κ2) is 8.54. The number of pyridine rings is 1. The van der Waals surface area contributed by atoms with Gasteiger partial charge >= 0.3 is 6.18 Å². The van der Waals surface area contributed by atoms with Crippen molar-refractivity contribution < 1.29 is 21.6 Å². The molecule has 0 atom stereocenters.